The number of hydrogen-bond acceptors (Lipinski definition) is 7. The second-order valence-electron chi connectivity index (χ2n) is 5.65. The number of morpholine rings is 2. The Morgan fingerprint density at radius 1 is 1.05 bits per heavy atom. The number of halogens is 1. The highest BCUT2D eigenvalue weighted by molar-refractivity contribution is 6.28. The molecule has 7 nitrogen and oxygen atoms in total. The molecule has 1 aromatic heterocycles. The summed E-state index contributed by atoms with van der Waals surface area (Å²) < 4.78 is 11.0. The summed E-state index contributed by atoms with van der Waals surface area (Å²) in [5.74, 6) is 1.27. The number of hydrogen-bond donors (Lipinski definition) is 0. The molecular formula is C14H22ClN5O2. The Hall–Kier alpha value is -1.18. The second-order valence-corrected chi connectivity index (χ2v) is 5.99. The molecule has 0 aromatic carbocycles. The third-order valence-electron chi connectivity index (χ3n) is 4.16. The molecule has 0 aliphatic carbocycles. The molecule has 8 heteroatoms. The van der Waals surface area contributed by atoms with Gasteiger partial charge in [0.15, 0.2) is 0 Å². The molecule has 1 aromatic rings. The summed E-state index contributed by atoms with van der Waals surface area (Å²) >= 11 is 6.15. The van der Waals surface area contributed by atoms with Crippen molar-refractivity contribution in [1.29, 1.82) is 0 Å². The van der Waals surface area contributed by atoms with Crippen LogP contribution < -0.4 is 9.80 Å². The van der Waals surface area contributed by atoms with E-state index < -0.39 is 0 Å². The Bertz CT molecular complexity index is 518. The lowest BCUT2D eigenvalue weighted by atomic mass is 10.2. The van der Waals surface area contributed by atoms with Crippen LogP contribution in [-0.4, -0.2) is 66.6 Å². The third-order valence-corrected chi connectivity index (χ3v) is 4.33. The Morgan fingerprint density at radius 2 is 1.68 bits per heavy atom. The molecule has 0 radical (unpaired) electrons. The highest BCUT2D eigenvalue weighted by Gasteiger charge is 2.27. The van der Waals surface area contributed by atoms with Crippen LogP contribution >= 0.6 is 11.6 Å². The van der Waals surface area contributed by atoms with E-state index in [4.69, 9.17) is 21.1 Å². The fourth-order valence-electron chi connectivity index (χ4n) is 2.87. The number of rotatable bonds is 3. The van der Waals surface area contributed by atoms with Crippen molar-refractivity contribution in [2.75, 3.05) is 49.3 Å². The molecular weight excluding hydrogens is 306 g/mol. The van der Waals surface area contributed by atoms with Crippen LogP contribution in [0.2, 0.25) is 5.28 Å². The quantitative estimate of drug-likeness (QED) is 0.830. The topological polar surface area (TPSA) is 63.6 Å². The summed E-state index contributed by atoms with van der Waals surface area (Å²) in [7, 11) is 0. The van der Waals surface area contributed by atoms with Crippen LogP contribution in [0.4, 0.5) is 11.9 Å². The van der Waals surface area contributed by atoms with Crippen LogP contribution in [0.25, 0.3) is 0 Å². The van der Waals surface area contributed by atoms with Gasteiger partial charge in [0.1, 0.15) is 0 Å². The lowest BCUT2D eigenvalue weighted by molar-refractivity contribution is 0.0918. The lowest BCUT2D eigenvalue weighted by Crippen LogP contribution is -2.47. The molecule has 0 amide bonds. The number of ether oxygens (including phenoxy) is 2. The molecule has 2 atom stereocenters. The molecule has 0 unspecified atom stereocenters. The molecule has 3 rings (SSSR count). The maximum Gasteiger partial charge on any atom is 0.231 e. The summed E-state index contributed by atoms with van der Waals surface area (Å²) in [5.41, 5.74) is 0. The zero-order valence-corrected chi connectivity index (χ0v) is 13.8. The van der Waals surface area contributed by atoms with E-state index in [1.807, 2.05) is 0 Å². The van der Waals surface area contributed by atoms with Crippen LogP contribution in [0.3, 0.4) is 0 Å². The molecule has 2 aliphatic rings. The van der Waals surface area contributed by atoms with Gasteiger partial charge in [-0.25, -0.2) is 0 Å². The van der Waals surface area contributed by atoms with Gasteiger partial charge in [-0.2, -0.15) is 15.0 Å². The molecule has 0 bridgehead atoms. The Balaban J connectivity index is 1.88. The van der Waals surface area contributed by atoms with Gasteiger partial charge in [0.25, 0.3) is 0 Å². The summed E-state index contributed by atoms with van der Waals surface area (Å²) in [5, 5.41) is 0.236. The number of nitrogens with zero attached hydrogens (tertiary/aromatic N) is 5. The normalized spacial score (nSPS) is 26.3. The Labute approximate surface area is 135 Å². The summed E-state index contributed by atoms with van der Waals surface area (Å²) in [4.78, 5) is 17.6. The van der Waals surface area contributed by atoms with Gasteiger partial charge in [0.2, 0.25) is 17.2 Å². The first-order valence-electron chi connectivity index (χ1n) is 7.79. The largest absolute Gasteiger partial charge is 0.377 e. The van der Waals surface area contributed by atoms with Gasteiger partial charge in [-0.15, -0.1) is 0 Å². The van der Waals surface area contributed by atoms with E-state index in [0.717, 1.165) is 19.5 Å². The van der Waals surface area contributed by atoms with E-state index in [-0.39, 0.29) is 17.4 Å². The summed E-state index contributed by atoms with van der Waals surface area (Å²) in [6.45, 7) is 8.51. The maximum atomic E-state index is 6.15. The molecule has 0 N–H and O–H groups in total. The van der Waals surface area contributed by atoms with Crippen molar-refractivity contribution >= 4 is 23.5 Å². The molecule has 22 heavy (non-hydrogen) atoms. The smallest absolute Gasteiger partial charge is 0.231 e. The zero-order chi connectivity index (χ0) is 15.5. The van der Waals surface area contributed by atoms with Gasteiger partial charge >= 0.3 is 0 Å². The van der Waals surface area contributed by atoms with Crippen LogP contribution in [0.5, 0.6) is 0 Å². The Kier molecular flexibility index (Phi) is 4.95. The van der Waals surface area contributed by atoms with Gasteiger partial charge in [0.05, 0.1) is 38.5 Å². The molecule has 2 saturated heterocycles. The van der Waals surface area contributed by atoms with Crippen molar-refractivity contribution in [2.24, 2.45) is 0 Å². The maximum absolute atomic E-state index is 6.15. The molecule has 2 aliphatic heterocycles. The number of anilines is 2. The molecule has 0 spiro atoms. The standard InChI is InChI=1S/C14H22ClN5O2/c1-3-11-9-22-7-5-20(11)14-17-12(15)16-13(18-14)19-4-6-21-8-10(19)2/h10-11H,3-9H2,1-2H3/t10-,11-/m1/s1. The summed E-state index contributed by atoms with van der Waals surface area (Å²) in [6, 6.07) is 0.508. The average Bonchev–Trinajstić information content (AvgIpc) is 2.54. The zero-order valence-electron chi connectivity index (χ0n) is 13.0. The van der Waals surface area contributed by atoms with Crippen molar-refractivity contribution in [3.8, 4) is 0 Å². The van der Waals surface area contributed by atoms with Crippen LogP contribution in [0.1, 0.15) is 20.3 Å². The third kappa shape index (κ3) is 3.26. The van der Waals surface area contributed by atoms with Gasteiger partial charge in [-0.05, 0) is 24.9 Å². The minimum absolute atomic E-state index is 0.228. The minimum atomic E-state index is 0.228. The van der Waals surface area contributed by atoms with Crippen LogP contribution in [0.15, 0.2) is 0 Å². The molecule has 122 valence electrons. The predicted octanol–water partition coefficient (Wildman–Crippen LogP) is 1.37. The minimum Gasteiger partial charge on any atom is -0.377 e. The SMILES string of the molecule is CC[C@@H]1COCCN1c1nc(Cl)nc(N2CCOC[C@H]2C)n1. The second kappa shape index (κ2) is 6.93. The predicted molar refractivity (Wildman–Crippen MR) is 84.7 cm³/mol. The van der Waals surface area contributed by atoms with Gasteiger partial charge in [-0.1, -0.05) is 6.92 Å². The van der Waals surface area contributed by atoms with E-state index in [1.54, 1.807) is 0 Å². The lowest BCUT2D eigenvalue weighted by Gasteiger charge is -2.36. The number of aromatic nitrogens is 3. The summed E-state index contributed by atoms with van der Waals surface area (Å²) in [6.07, 6.45) is 0.979. The highest BCUT2D eigenvalue weighted by Crippen LogP contribution is 2.23. The van der Waals surface area contributed by atoms with Crippen LogP contribution in [0, 0.1) is 0 Å². The van der Waals surface area contributed by atoms with E-state index in [9.17, 15) is 0 Å². The van der Waals surface area contributed by atoms with Crippen molar-refractivity contribution in [1.82, 2.24) is 15.0 Å². The van der Waals surface area contributed by atoms with Crippen molar-refractivity contribution in [3.05, 3.63) is 5.28 Å². The first-order valence-corrected chi connectivity index (χ1v) is 8.17. The van der Waals surface area contributed by atoms with Crippen molar-refractivity contribution in [2.45, 2.75) is 32.4 Å². The highest BCUT2D eigenvalue weighted by atomic mass is 35.5. The first-order chi connectivity index (χ1) is 10.7. The van der Waals surface area contributed by atoms with Crippen molar-refractivity contribution in [3.63, 3.8) is 0 Å². The monoisotopic (exact) mass is 327 g/mol. The fourth-order valence-corrected chi connectivity index (χ4v) is 3.02. The molecule has 2 fully saturated rings. The van der Waals surface area contributed by atoms with E-state index in [0.29, 0.717) is 38.3 Å². The fraction of sp³-hybridized carbons (Fsp3) is 0.786. The van der Waals surface area contributed by atoms with Gasteiger partial charge < -0.3 is 19.3 Å². The Morgan fingerprint density at radius 3 is 2.36 bits per heavy atom. The first kappa shape index (κ1) is 15.7. The van der Waals surface area contributed by atoms with E-state index >= 15 is 0 Å². The molecule has 3 heterocycles. The van der Waals surface area contributed by atoms with Gasteiger partial charge in [-0.3, -0.25) is 0 Å². The van der Waals surface area contributed by atoms with Gasteiger partial charge in [0, 0.05) is 13.1 Å². The van der Waals surface area contributed by atoms with E-state index in [2.05, 4.69) is 38.6 Å². The van der Waals surface area contributed by atoms with E-state index in [1.165, 1.54) is 0 Å². The average molecular weight is 328 g/mol. The molecule has 0 saturated carbocycles. The van der Waals surface area contributed by atoms with Crippen LogP contribution in [-0.2, 0) is 9.47 Å². The van der Waals surface area contributed by atoms with Crippen molar-refractivity contribution < 1.29 is 9.47 Å².